The summed E-state index contributed by atoms with van der Waals surface area (Å²) >= 11 is 1.74. The number of likely N-dealkylation sites (N-methyl/N-ethyl adjacent to an activating group) is 1. The van der Waals surface area contributed by atoms with Crippen molar-refractivity contribution >= 4 is 17.2 Å². The van der Waals surface area contributed by atoms with E-state index in [1.807, 2.05) is 0 Å². The van der Waals surface area contributed by atoms with Crippen LogP contribution in [0.4, 0.5) is 0 Å². The van der Waals surface area contributed by atoms with Crippen LogP contribution in [0.2, 0.25) is 0 Å². The summed E-state index contributed by atoms with van der Waals surface area (Å²) in [5.74, 6) is 0.101. The standard InChI is InChI=1S/C11H17N3OS/c1-12-11(15)10-7-13-4-5-14(10)8-9-3-2-6-16-9/h2-3,6,10,13H,4-5,7-8H2,1H3,(H,12,15). The highest BCUT2D eigenvalue weighted by Crippen LogP contribution is 2.14. The second-order valence-corrected chi connectivity index (χ2v) is 4.92. The minimum Gasteiger partial charge on any atom is -0.358 e. The maximum Gasteiger partial charge on any atom is 0.238 e. The van der Waals surface area contributed by atoms with Gasteiger partial charge >= 0.3 is 0 Å². The average molecular weight is 239 g/mol. The van der Waals surface area contributed by atoms with E-state index in [0.29, 0.717) is 0 Å². The van der Waals surface area contributed by atoms with Gasteiger partial charge in [0, 0.05) is 38.1 Å². The topological polar surface area (TPSA) is 44.4 Å². The van der Waals surface area contributed by atoms with Crippen molar-refractivity contribution in [1.82, 2.24) is 15.5 Å². The minimum absolute atomic E-state index is 0.0409. The summed E-state index contributed by atoms with van der Waals surface area (Å²) in [6, 6.07) is 4.13. The summed E-state index contributed by atoms with van der Waals surface area (Å²) in [7, 11) is 1.69. The van der Waals surface area contributed by atoms with Crippen molar-refractivity contribution in [3.05, 3.63) is 22.4 Å². The number of hydrogen-bond acceptors (Lipinski definition) is 4. The van der Waals surface area contributed by atoms with Crippen molar-refractivity contribution in [2.75, 3.05) is 26.7 Å². The van der Waals surface area contributed by atoms with Gasteiger partial charge in [-0.3, -0.25) is 9.69 Å². The van der Waals surface area contributed by atoms with Crippen LogP contribution in [0.5, 0.6) is 0 Å². The number of carbonyl (C=O) groups is 1. The molecule has 2 heterocycles. The van der Waals surface area contributed by atoms with Crippen LogP contribution >= 0.6 is 11.3 Å². The zero-order valence-corrected chi connectivity index (χ0v) is 10.2. The van der Waals surface area contributed by atoms with E-state index >= 15 is 0 Å². The van der Waals surface area contributed by atoms with E-state index in [-0.39, 0.29) is 11.9 Å². The molecule has 88 valence electrons. The molecule has 4 nitrogen and oxygen atoms in total. The van der Waals surface area contributed by atoms with Gasteiger partial charge in [0.25, 0.3) is 0 Å². The van der Waals surface area contributed by atoms with Crippen LogP contribution in [0.3, 0.4) is 0 Å². The Morgan fingerprint density at radius 2 is 2.62 bits per heavy atom. The molecule has 0 saturated carbocycles. The predicted octanol–water partition coefficient (Wildman–Crippen LogP) is 0.268. The van der Waals surface area contributed by atoms with Gasteiger partial charge in [-0.05, 0) is 11.4 Å². The summed E-state index contributed by atoms with van der Waals surface area (Å²) in [6.45, 7) is 3.50. The normalized spacial score (nSPS) is 21.9. The summed E-state index contributed by atoms with van der Waals surface area (Å²) in [4.78, 5) is 15.3. The monoisotopic (exact) mass is 239 g/mol. The zero-order chi connectivity index (χ0) is 11.4. The molecule has 1 saturated heterocycles. The van der Waals surface area contributed by atoms with E-state index in [2.05, 4.69) is 33.0 Å². The smallest absolute Gasteiger partial charge is 0.238 e. The first-order valence-corrected chi connectivity index (χ1v) is 6.38. The quantitative estimate of drug-likeness (QED) is 0.796. The molecule has 0 bridgehead atoms. The Kier molecular flexibility index (Phi) is 3.93. The SMILES string of the molecule is CNC(=O)C1CNCCN1Cc1cccs1. The van der Waals surface area contributed by atoms with Crippen molar-refractivity contribution in [2.24, 2.45) is 0 Å². The van der Waals surface area contributed by atoms with Crippen molar-refractivity contribution in [3.8, 4) is 0 Å². The molecule has 0 radical (unpaired) electrons. The van der Waals surface area contributed by atoms with E-state index in [1.54, 1.807) is 18.4 Å². The van der Waals surface area contributed by atoms with Gasteiger partial charge < -0.3 is 10.6 Å². The lowest BCUT2D eigenvalue weighted by molar-refractivity contribution is -0.126. The van der Waals surface area contributed by atoms with Gasteiger partial charge in [0.05, 0.1) is 0 Å². The molecular formula is C11H17N3OS. The Morgan fingerprint density at radius 1 is 1.75 bits per heavy atom. The molecule has 0 aliphatic carbocycles. The van der Waals surface area contributed by atoms with Crippen LogP contribution in [0.25, 0.3) is 0 Å². The summed E-state index contributed by atoms with van der Waals surface area (Å²) in [5, 5.41) is 8.06. The third-order valence-corrected chi connectivity index (χ3v) is 3.70. The average Bonchev–Trinajstić information content (AvgIpc) is 2.82. The van der Waals surface area contributed by atoms with Crippen molar-refractivity contribution in [3.63, 3.8) is 0 Å². The molecule has 1 fully saturated rings. The van der Waals surface area contributed by atoms with E-state index in [1.165, 1.54) is 4.88 Å². The molecule has 1 amide bonds. The van der Waals surface area contributed by atoms with Crippen LogP contribution < -0.4 is 10.6 Å². The molecule has 0 spiro atoms. The van der Waals surface area contributed by atoms with Gasteiger partial charge in [-0.1, -0.05) is 6.07 Å². The number of carbonyl (C=O) groups excluding carboxylic acids is 1. The van der Waals surface area contributed by atoms with Crippen LogP contribution in [-0.4, -0.2) is 43.5 Å². The van der Waals surface area contributed by atoms with Crippen LogP contribution in [0, 0.1) is 0 Å². The molecule has 16 heavy (non-hydrogen) atoms. The van der Waals surface area contributed by atoms with E-state index in [0.717, 1.165) is 26.2 Å². The molecule has 1 unspecified atom stereocenters. The Hall–Kier alpha value is -0.910. The first kappa shape index (κ1) is 11.6. The third-order valence-electron chi connectivity index (χ3n) is 2.84. The molecule has 2 N–H and O–H groups in total. The molecule has 1 aliphatic heterocycles. The van der Waals surface area contributed by atoms with Crippen LogP contribution in [0.15, 0.2) is 17.5 Å². The number of rotatable bonds is 3. The molecule has 2 rings (SSSR count). The largest absolute Gasteiger partial charge is 0.358 e. The molecular weight excluding hydrogens is 222 g/mol. The van der Waals surface area contributed by atoms with Crippen molar-refractivity contribution < 1.29 is 4.79 Å². The van der Waals surface area contributed by atoms with Crippen LogP contribution in [-0.2, 0) is 11.3 Å². The summed E-state index contributed by atoms with van der Waals surface area (Å²) in [6.07, 6.45) is 0. The summed E-state index contributed by atoms with van der Waals surface area (Å²) < 4.78 is 0. The lowest BCUT2D eigenvalue weighted by Gasteiger charge is -2.34. The van der Waals surface area contributed by atoms with Crippen LogP contribution in [0.1, 0.15) is 4.88 Å². The van der Waals surface area contributed by atoms with Gasteiger partial charge in [-0.2, -0.15) is 0 Å². The summed E-state index contributed by atoms with van der Waals surface area (Å²) in [5.41, 5.74) is 0. The molecule has 1 aliphatic rings. The first-order valence-electron chi connectivity index (χ1n) is 5.50. The second-order valence-electron chi connectivity index (χ2n) is 3.88. The molecule has 1 aromatic heterocycles. The van der Waals surface area contributed by atoms with E-state index in [4.69, 9.17) is 0 Å². The Morgan fingerprint density at radius 3 is 3.31 bits per heavy atom. The molecule has 1 atom stereocenters. The molecule has 0 aromatic carbocycles. The number of thiophene rings is 1. The van der Waals surface area contributed by atoms with Gasteiger partial charge in [-0.15, -0.1) is 11.3 Å². The molecule has 5 heteroatoms. The van der Waals surface area contributed by atoms with Gasteiger partial charge in [0.15, 0.2) is 0 Å². The maximum absolute atomic E-state index is 11.7. The Labute approximate surface area is 99.6 Å². The highest BCUT2D eigenvalue weighted by atomic mass is 32.1. The number of nitrogens with zero attached hydrogens (tertiary/aromatic N) is 1. The van der Waals surface area contributed by atoms with Crippen molar-refractivity contribution in [2.45, 2.75) is 12.6 Å². The van der Waals surface area contributed by atoms with Crippen molar-refractivity contribution in [1.29, 1.82) is 0 Å². The molecule has 1 aromatic rings. The third kappa shape index (κ3) is 2.61. The number of nitrogens with one attached hydrogen (secondary N) is 2. The Balaban J connectivity index is 2.02. The minimum atomic E-state index is -0.0409. The lowest BCUT2D eigenvalue weighted by atomic mass is 10.1. The van der Waals surface area contributed by atoms with E-state index in [9.17, 15) is 4.79 Å². The fraction of sp³-hybridized carbons (Fsp3) is 0.545. The lowest BCUT2D eigenvalue weighted by Crippen LogP contribution is -2.56. The number of amides is 1. The fourth-order valence-corrected chi connectivity index (χ4v) is 2.69. The second kappa shape index (κ2) is 5.43. The Bertz CT molecular complexity index is 339. The van der Waals surface area contributed by atoms with Gasteiger partial charge in [-0.25, -0.2) is 0 Å². The number of hydrogen-bond donors (Lipinski definition) is 2. The highest BCUT2D eigenvalue weighted by molar-refractivity contribution is 7.09. The first-order chi connectivity index (χ1) is 7.81. The van der Waals surface area contributed by atoms with Gasteiger partial charge in [0.2, 0.25) is 5.91 Å². The zero-order valence-electron chi connectivity index (χ0n) is 9.40. The predicted molar refractivity (Wildman–Crippen MR) is 65.5 cm³/mol. The fourth-order valence-electron chi connectivity index (χ4n) is 1.96. The highest BCUT2D eigenvalue weighted by Gasteiger charge is 2.27. The van der Waals surface area contributed by atoms with E-state index < -0.39 is 0 Å². The number of piperazine rings is 1. The van der Waals surface area contributed by atoms with Gasteiger partial charge in [0.1, 0.15) is 6.04 Å². The maximum atomic E-state index is 11.7.